The van der Waals surface area contributed by atoms with Crippen LogP contribution in [-0.2, 0) is 0 Å². The molecule has 0 bridgehead atoms. The molecule has 3 aromatic rings. The van der Waals surface area contributed by atoms with Crippen molar-refractivity contribution < 1.29 is 4.79 Å². The molecule has 0 N–H and O–H groups in total. The van der Waals surface area contributed by atoms with E-state index in [-0.39, 0.29) is 5.91 Å². The largest absolute Gasteiger partial charge is 0.311 e. The van der Waals surface area contributed by atoms with Crippen LogP contribution in [0.4, 0.5) is 5.69 Å². The third-order valence-electron chi connectivity index (χ3n) is 3.85. The molecular weight excluding hydrogens is 302 g/mol. The van der Waals surface area contributed by atoms with E-state index in [1.165, 1.54) is 16.9 Å². The van der Waals surface area contributed by atoms with E-state index in [0.717, 1.165) is 26.6 Å². The van der Waals surface area contributed by atoms with Crippen molar-refractivity contribution in [2.24, 2.45) is 0 Å². The van der Waals surface area contributed by atoms with Gasteiger partial charge in [0.2, 0.25) is 0 Å². The van der Waals surface area contributed by atoms with E-state index in [4.69, 9.17) is 0 Å². The summed E-state index contributed by atoms with van der Waals surface area (Å²) in [6.07, 6.45) is 0. The van der Waals surface area contributed by atoms with Crippen LogP contribution in [0.5, 0.6) is 0 Å². The fourth-order valence-corrected chi connectivity index (χ4v) is 3.43. The number of thiophene rings is 1. The maximum Gasteiger partial charge on any atom is 0.268 e. The zero-order chi connectivity index (χ0) is 16.4. The smallest absolute Gasteiger partial charge is 0.268 e. The quantitative estimate of drug-likeness (QED) is 0.640. The maximum atomic E-state index is 12.7. The van der Waals surface area contributed by atoms with Crippen LogP contribution in [0.3, 0.4) is 0 Å². The number of nitrogens with zero attached hydrogens (tertiary/aromatic N) is 1. The predicted molar refractivity (Wildman–Crippen MR) is 98.4 cm³/mol. The summed E-state index contributed by atoms with van der Waals surface area (Å²) in [7, 11) is 1.82. The molecule has 2 aromatic carbocycles. The van der Waals surface area contributed by atoms with Crippen molar-refractivity contribution in [2.45, 2.75) is 13.8 Å². The van der Waals surface area contributed by atoms with Crippen molar-refractivity contribution in [1.29, 1.82) is 0 Å². The van der Waals surface area contributed by atoms with Gasteiger partial charge in [-0.3, -0.25) is 4.79 Å². The van der Waals surface area contributed by atoms with Crippen LogP contribution in [0.25, 0.3) is 10.4 Å². The number of carbonyl (C=O) groups is 1. The molecule has 3 heteroatoms. The van der Waals surface area contributed by atoms with Crippen LogP contribution in [0, 0.1) is 13.8 Å². The van der Waals surface area contributed by atoms with Gasteiger partial charge in [-0.1, -0.05) is 42.0 Å². The molecule has 116 valence electrons. The Morgan fingerprint density at radius 1 is 0.913 bits per heavy atom. The van der Waals surface area contributed by atoms with Gasteiger partial charge in [0.05, 0.1) is 4.88 Å². The molecule has 0 atom stereocenters. The first kappa shape index (κ1) is 15.5. The first-order valence-electron chi connectivity index (χ1n) is 7.56. The van der Waals surface area contributed by atoms with Crippen molar-refractivity contribution in [3.8, 4) is 10.4 Å². The lowest BCUT2D eigenvalue weighted by molar-refractivity contribution is 0.0997. The molecule has 1 heterocycles. The minimum absolute atomic E-state index is 0.0268. The number of hydrogen-bond donors (Lipinski definition) is 0. The highest BCUT2D eigenvalue weighted by molar-refractivity contribution is 7.17. The number of carbonyl (C=O) groups excluding carboxylic acids is 1. The lowest BCUT2D eigenvalue weighted by Gasteiger charge is -2.16. The summed E-state index contributed by atoms with van der Waals surface area (Å²) >= 11 is 1.54. The zero-order valence-electron chi connectivity index (χ0n) is 13.5. The lowest BCUT2D eigenvalue weighted by atomic mass is 10.1. The molecule has 0 aliphatic carbocycles. The van der Waals surface area contributed by atoms with Crippen molar-refractivity contribution in [3.63, 3.8) is 0 Å². The van der Waals surface area contributed by atoms with Crippen LogP contribution in [0.2, 0.25) is 0 Å². The molecule has 3 rings (SSSR count). The van der Waals surface area contributed by atoms with E-state index in [2.05, 4.69) is 31.2 Å². The molecule has 0 unspecified atom stereocenters. The predicted octanol–water partition coefficient (Wildman–Crippen LogP) is 5.31. The average Bonchev–Trinajstić information content (AvgIpc) is 3.04. The topological polar surface area (TPSA) is 20.3 Å². The molecule has 0 radical (unpaired) electrons. The average molecular weight is 321 g/mol. The molecule has 2 nitrogen and oxygen atoms in total. The SMILES string of the molecule is Cc1ccc(-c2ccc(C(=O)N(C)c3cccc(C)c3)s2)cc1. The van der Waals surface area contributed by atoms with E-state index in [1.807, 2.05) is 50.4 Å². The Morgan fingerprint density at radius 3 is 2.35 bits per heavy atom. The van der Waals surface area contributed by atoms with Gasteiger partial charge < -0.3 is 4.90 Å². The molecule has 1 amide bonds. The Morgan fingerprint density at radius 2 is 1.65 bits per heavy atom. The standard InChI is InChI=1S/C20H19NOS/c1-14-7-9-16(10-8-14)18-11-12-19(23-18)20(22)21(3)17-6-4-5-15(2)13-17/h4-13H,1-3H3. The Bertz CT molecular complexity index is 833. The summed E-state index contributed by atoms with van der Waals surface area (Å²) in [5.41, 5.74) is 4.45. The number of hydrogen-bond acceptors (Lipinski definition) is 2. The normalized spacial score (nSPS) is 10.6. The Kier molecular flexibility index (Phi) is 4.30. The summed E-state index contributed by atoms with van der Waals surface area (Å²) < 4.78 is 0. The van der Waals surface area contributed by atoms with Gasteiger partial charge in [0.1, 0.15) is 0 Å². The van der Waals surface area contributed by atoms with E-state index in [0.29, 0.717) is 0 Å². The maximum absolute atomic E-state index is 12.7. The van der Waals surface area contributed by atoms with Crippen LogP contribution >= 0.6 is 11.3 Å². The van der Waals surface area contributed by atoms with Crippen molar-refractivity contribution in [2.75, 3.05) is 11.9 Å². The number of aryl methyl sites for hydroxylation is 2. The van der Waals surface area contributed by atoms with Gasteiger partial charge in [0.15, 0.2) is 0 Å². The first-order chi connectivity index (χ1) is 11.0. The van der Waals surface area contributed by atoms with E-state index in [9.17, 15) is 4.79 Å². The summed E-state index contributed by atoms with van der Waals surface area (Å²) in [5.74, 6) is 0.0268. The lowest BCUT2D eigenvalue weighted by Crippen LogP contribution is -2.25. The van der Waals surface area contributed by atoms with Crippen LogP contribution in [0.15, 0.2) is 60.7 Å². The number of benzene rings is 2. The molecule has 0 spiro atoms. The minimum atomic E-state index is 0.0268. The monoisotopic (exact) mass is 321 g/mol. The highest BCUT2D eigenvalue weighted by Gasteiger charge is 2.16. The second-order valence-electron chi connectivity index (χ2n) is 5.73. The second-order valence-corrected chi connectivity index (χ2v) is 6.82. The van der Waals surface area contributed by atoms with E-state index >= 15 is 0 Å². The summed E-state index contributed by atoms with van der Waals surface area (Å²) in [4.78, 5) is 16.3. The first-order valence-corrected chi connectivity index (χ1v) is 8.38. The molecule has 0 fully saturated rings. The Hall–Kier alpha value is -2.39. The van der Waals surface area contributed by atoms with E-state index < -0.39 is 0 Å². The molecule has 0 aliphatic heterocycles. The molecular formula is C20H19NOS. The molecule has 0 aliphatic rings. The summed E-state index contributed by atoms with van der Waals surface area (Å²) in [6.45, 7) is 4.10. The number of amides is 1. The molecule has 0 saturated carbocycles. The van der Waals surface area contributed by atoms with Gasteiger partial charge in [-0.15, -0.1) is 11.3 Å². The van der Waals surface area contributed by atoms with E-state index in [1.54, 1.807) is 4.90 Å². The highest BCUT2D eigenvalue weighted by Crippen LogP contribution is 2.29. The van der Waals surface area contributed by atoms with Gasteiger partial charge in [0.25, 0.3) is 5.91 Å². The number of anilines is 1. The molecule has 23 heavy (non-hydrogen) atoms. The van der Waals surface area contributed by atoms with Gasteiger partial charge in [0, 0.05) is 17.6 Å². The minimum Gasteiger partial charge on any atom is -0.311 e. The zero-order valence-corrected chi connectivity index (χ0v) is 14.4. The van der Waals surface area contributed by atoms with Gasteiger partial charge >= 0.3 is 0 Å². The molecule has 0 saturated heterocycles. The van der Waals surface area contributed by atoms with Crippen molar-refractivity contribution in [3.05, 3.63) is 76.7 Å². The van der Waals surface area contributed by atoms with Gasteiger partial charge in [-0.05, 0) is 49.2 Å². The number of rotatable bonds is 3. The van der Waals surface area contributed by atoms with Gasteiger partial charge in [-0.2, -0.15) is 0 Å². The fourth-order valence-electron chi connectivity index (χ4n) is 2.44. The summed E-state index contributed by atoms with van der Waals surface area (Å²) in [6, 6.07) is 20.3. The Balaban J connectivity index is 1.84. The van der Waals surface area contributed by atoms with Crippen molar-refractivity contribution >= 4 is 22.9 Å². The highest BCUT2D eigenvalue weighted by atomic mass is 32.1. The Labute approximate surface area is 141 Å². The third-order valence-corrected chi connectivity index (χ3v) is 4.97. The van der Waals surface area contributed by atoms with Crippen LogP contribution < -0.4 is 4.90 Å². The van der Waals surface area contributed by atoms with Crippen molar-refractivity contribution in [1.82, 2.24) is 0 Å². The third kappa shape index (κ3) is 3.35. The van der Waals surface area contributed by atoms with Gasteiger partial charge in [-0.25, -0.2) is 0 Å². The van der Waals surface area contributed by atoms with Crippen LogP contribution in [0.1, 0.15) is 20.8 Å². The summed E-state index contributed by atoms with van der Waals surface area (Å²) in [5, 5.41) is 0. The molecule has 1 aromatic heterocycles. The second kappa shape index (κ2) is 6.39. The fraction of sp³-hybridized carbons (Fsp3) is 0.150. The van der Waals surface area contributed by atoms with Crippen LogP contribution in [-0.4, -0.2) is 13.0 Å².